The number of piperazine rings is 1. The van der Waals surface area contributed by atoms with E-state index in [-0.39, 0.29) is 11.7 Å². The Morgan fingerprint density at radius 3 is 2.65 bits per heavy atom. The number of aromatic nitrogens is 4. The number of carbonyl (C=O) groups is 1. The van der Waals surface area contributed by atoms with Crippen LogP contribution in [0.2, 0.25) is 0 Å². The van der Waals surface area contributed by atoms with Crippen molar-refractivity contribution in [1.82, 2.24) is 29.4 Å². The van der Waals surface area contributed by atoms with Gasteiger partial charge in [0.2, 0.25) is 5.82 Å². The summed E-state index contributed by atoms with van der Waals surface area (Å²) < 4.78 is 1.61. The largest absolute Gasteiger partial charge is 0.333 e. The van der Waals surface area contributed by atoms with E-state index in [4.69, 9.17) is 0 Å². The zero-order chi connectivity index (χ0) is 18.1. The van der Waals surface area contributed by atoms with Crippen LogP contribution in [0.4, 0.5) is 0 Å². The summed E-state index contributed by atoms with van der Waals surface area (Å²) in [5.41, 5.74) is 3.50. The van der Waals surface area contributed by atoms with Gasteiger partial charge in [0.05, 0.1) is 0 Å². The predicted molar refractivity (Wildman–Crippen MR) is 97.9 cm³/mol. The summed E-state index contributed by atoms with van der Waals surface area (Å²) in [7, 11) is 0. The number of nitrogens with zero attached hydrogens (tertiary/aromatic N) is 6. The van der Waals surface area contributed by atoms with Crippen LogP contribution in [-0.4, -0.2) is 61.5 Å². The van der Waals surface area contributed by atoms with E-state index in [9.17, 15) is 4.79 Å². The number of amides is 1. The Kier molecular flexibility index (Phi) is 4.38. The maximum absolute atomic E-state index is 12.7. The number of hydrogen-bond donors (Lipinski definition) is 0. The van der Waals surface area contributed by atoms with E-state index in [1.807, 2.05) is 17.9 Å². The Bertz CT molecular complexity index is 942. The first-order chi connectivity index (χ1) is 12.6. The highest BCUT2D eigenvalue weighted by molar-refractivity contribution is 5.91. The van der Waals surface area contributed by atoms with Gasteiger partial charge in [0.15, 0.2) is 0 Å². The van der Waals surface area contributed by atoms with Gasteiger partial charge in [-0.25, -0.2) is 9.50 Å². The van der Waals surface area contributed by atoms with Gasteiger partial charge in [-0.15, -0.1) is 5.10 Å². The lowest BCUT2D eigenvalue weighted by Crippen LogP contribution is -2.48. The molecule has 0 spiro atoms. The summed E-state index contributed by atoms with van der Waals surface area (Å²) in [6.45, 7) is 8.02. The van der Waals surface area contributed by atoms with E-state index >= 15 is 0 Å². The van der Waals surface area contributed by atoms with Crippen LogP contribution in [0, 0.1) is 13.8 Å². The minimum absolute atomic E-state index is 0.120. The van der Waals surface area contributed by atoms with Crippen LogP contribution in [0.1, 0.15) is 27.4 Å². The average Bonchev–Trinajstić information content (AvgIpc) is 3.08. The van der Waals surface area contributed by atoms with Crippen molar-refractivity contribution in [2.24, 2.45) is 0 Å². The summed E-state index contributed by atoms with van der Waals surface area (Å²) in [5.74, 6) is 0.565. The number of fused-ring (bicyclic) bond motifs is 1. The molecule has 4 rings (SSSR count). The molecule has 7 nitrogen and oxygen atoms in total. The fraction of sp³-hybridized carbons (Fsp3) is 0.368. The van der Waals surface area contributed by atoms with Crippen molar-refractivity contribution in [2.45, 2.75) is 20.4 Å². The number of hydrogen-bond acceptors (Lipinski definition) is 5. The van der Waals surface area contributed by atoms with Crippen molar-refractivity contribution in [2.75, 3.05) is 26.2 Å². The highest BCUT2D eigenvalue weighted by atomic mass is 16.2. The number of benzene rings is 1. The number of rotatable bonds is 3. The second kappa shape index (κ2) is 6.84. The maximum atomic E-state index is 12.7. The van der Waals surface area contributed by atoms with Crippen LogP contribution >= 0.6 is 0 Å². The van der Waals surface area contributed by atoms with Gasteiger partial charge in [-0.05, 0) is 25.5 Å². The third kappa shape index (κ3) is 3.30. The van der Waals surface area contributed by atoms with Crippen LogP contribution in [0.25, 0.3) is 5.78 Å². The molecule has 1 fully saturated rings. The predicted octanol–water partition coefficient (Wildman–Crippen LogP) is 1.70. The molecular formula is C19H22N6O. The maximum Gasteiger partial charge on any atom is 0.293 e. The van der Waals surface area contributed by atoms with Gasteiger partial charge in [-0.3, -0.25) is 9.69 Å². The van der Waals surface area contributed by atoms with Crippen molar-refractivity contribution in [1.29, 1.82) is 0 Å². The van der Waals surface area contributed by atoms with Crippen LogP contribution in [-0.2, 0) is 6.54 Å². The SMILES string of the molecule is Cc1cccc(CN2CCN(C(=O)c3nc4nccc(C)n4n3)CC2)c1. The van der Waals surface area contributed by atoms with Crippen LogP contribution in [0.3, 0.4) is 0 Å². The summed E-state index contributed by atoms with van der Waals surface area (Å²) in [6.07, 6.45) is 1.68. The Morgan fingerprint density at radius 1 is 1.12 bits per heavy atom. The van der Waals surface area contributed by atoms with Crippen molar-refractivity contribution >= 4 is 11.7 Å². The van der Waals surface area contributed by atoms with Gasteiger partial charge in [-0.2, -0.15) is 4.98 Å². The summed E-state index contributed by atoms with van der Waals surface area (Å²) in [5, 5.41) is 4.32. The molecule has 1 saturated heterocycles. The standard InChI is InChI=1S/C19H22N6O/c1-14-4-3-5-16(12-14)13-23-8-10-24(11-9-23)18(26)17-21-19-20-7-6-15(2)25(19)22-17/h3-7,12H,8-11,13H2,1-2H3. The van der Waals surface area contributed by atoms with Crippen LogP contribution in [0.5, 0.6) is 0 Å². The van der Waals surface area contributed by atoms with Gasteiger partial charge in [0.25, 0.3) is 11.7 Å². The fourth-order valence-electron chi connectivity index (χ4n) is 3.32. The molecule has 1 amide bonds. The second-order valence-electron chi connectivity index (χ2n) is 6.79. The molecule has 134 valence electrons. The lowest BCUT2D eigenvalue weighted by atomic mass is 10.1. The Balaban J connectivity index is 1.40. The average molecular weight is 350 g/mol. The first kappa shape index (κ1) is 16.7. The zero-order valence-electron chi connectivity index (χ0n) is 15.1. The molecule has 3 heterocycles. The van der Waals surface area contributed by atoms with Crippen molar-refractivity contribution < 1.29 is 4.79 Å². The van der Waals surface area contributed by atoms with E-state index in [0.717, 1.165) is 25.3 Å². The molecule has 7 heteroatoms. The molecule has 0 bridgehead atoms. The van der Waals surface area contributed by atoms with Gasteiger partial charge >= 0.3 is 0 Å². The number of aryl methyl sites for hydroxylation is 2. The fourth-order valence-corrected chi connectivity index (χ4v) is 3.32. The monoisotopic (exact) mass is 350 g/mol. The third-order valence-corrected chi connectivity index (χ3v) is 4.77. The topological polar surface area (TPSA) is 66.6 Å². The molecule has 1 aliphatic rings. The normalized spacial score (nSPS) is 15.5. The van der Waals surface area contributed by atoms with Crippen LogP contribution in [0.15, 0.2) is 36.5 Å². The van der Waals surface area contributed by atoms with Crippen molar-refractivity contribution in [3.8, 4) is 0 Å². The van der Waals surface area contributed by atoms with Crippen LogP contribution < -0.4 is 0 Å². The van der Waals surface area contributed by atoms with Gasteiger partial charge < -0.3 is 4.90 Å². The van der Waals surface area contributed by atoms with Gasteiger partial charge in [-0.1, -0.05) is 29.8 Å². The van der Waals surface area contributed by atoms with E-state index < -0.39 is 0 Å². The lowest BCUT2D eigenvalue weighted by Gasteiger charge is -2.34. The summed E-state index contributed by atoms with van der Waals surface area (Å²) in [6, 6.07) is 10.4. The molecule has 0 N–H and O–H groups in total. The first-order valence-corrected chi connectivity index (χ1v) is 8.86. The molecular weight excluding hydrogens is 328 g/mol. The molecule has 0 saturated carbocycles. The molecule has 0 aliphatic carbocycles. The van der Waals surface area contributed by atoms with E-state index in [0.29, 0.717) is 18.9 Å². The third-order valence-electron chi connectivity index (χ3n) is 4.77. The minimum Gasteiger partial charge on any atom is -0.333 e. The second-order valence-corrected chi connectivity index (χ2v) is 6.79. The van der Waals surface area contributed by atoms with Gasteiger partial charge in [0, 0.05) is 44.6 Å². The quantitative estimate of drug-likeness (QED) is 0.719. The first-order valence-electron chi connectivity index (χ1n) is 8.86. The summed E-state index contributed by atoms with van der Waals surface area (Å²) in [4.78, 5) is 25.4. The Hall–Kier alpha value is -2.80. The number of carbonyl (C=O) groups excluding carboxylic acids is 1. The van der Waals surface area contributed by atoms with E-state index in [2.05, 4.69) is 51.2 Å². The molecule has 0 radical (unpaired) electrons. The molecule has 2 aromatic heterocycles. The van der Waals surface area contributed by atoms with Crippen molar-refractivity contribution in [3.63, 3.8) is 0 Å². The van der Waals surface area contributed by atoms with E-state index in [1.165, 1.54) is 11.1 Å². The molecule has 1 aromatic carbocycles. The summed E-state index contributed by atoms with van der Waals surface area (Å²) >= 11 is 0. The molecule has 3 aromatic rings. The zero-order valence-corrected chi connectivity index (χ0v) is 15.1. The Morgan fingerprint density at radius 2 is 1.92 bits per heavy atom. The Labute approximate surface area is 152 Å². The lowest BCUT2D eigenvalue weighted by molar-refractivity contribution is 0.0617. The minimum atomic E-state index is -0.120. The van der Waals surface area contributed by atoms with E-state index in [1.54, 1.807) is 10.7 Å². The highest BCUT2D eigenvalue weighted by Gasteiger charge is 2.25. The van der Waals surface area contributed by atoms with Gasteiger partial charge in [0.1, 0.15) is 0 Å². The molecule has 0 unspecified atom stereocenters. The molecule has 26 heavy (non-hydrogen) atoms. The molecule has 0 atom stereocenters. The smallest absolute Gasteiger partial charge is 0.293 e. The van der Waals surface area contributed by atoms with Crippen molar-refractivity contribution in [3.05, 3.63) is 59.2 Å². The highest BCUT2D eigenvalue weighted by Crippen LogP contribution is 2.12. The molecule has 1 aliphatic heterocycles.